The van der Waals surface area contributed by atoms with Gasteiger partial charge in [-0.1, -0.05) is 12.1 Å². The van der Waals surface area contributed by atoms with Crippen LogP contribution in [-0.4, -0.2) is 35.7 Å². The molecule has 2 heterocycles. The maximum Gasteiger partial charge on any atom is 0.243 e. The summed E-state index contributed by atoms with van der Waals surface area (Å²) in [6.07, 6.45) is 3.02. The van der Waals surface area contributed by atoms with Crippen LogP contribution in [0.5, 0.6) is 0 Å². The number of carbonyl (C=O) groups excluding carboxylic acids is 1. The lowest BCUT2D eigenvalue weighted by Crippen LogP contribution is -2.37. The van der Waals surface area contributed by atoms with Gasteiger partial charge < -0.3 is 4.90 Å². The molecular weight excluding hydrogens is 323 g/mol. The Balaban J connectivity index is 1.65. The monoisotopic (exact) mass is 336 g/mol. The van der Waals surface area contributed by atoms with E-state index in [2.05, 4.69) is 14.7 Å². The molecule has 2 aromatic rings. The summed E-state index contributed by atoms with van der Waals surface area (Å²) in [6.45, 7) is 0.187. The van der Waals surface area contributed by atoms with E-state index in [1.165, 1.54) is 23.4 Å². The number of carbonyl (C=O) groups is 1. The Morgan fingerprint density at radius 1 is 1.30 bits per heavy atom. The molecule has 1 aromatic heterocycles. The predicted octanol–water partition coefficient (Wildman–Crippen LogP) is 0.436. The van der Waals surface area contributed by atoms with Crippen LogP contribution in [0.3, 0.4) is 0 Å². The Labute approximate surface area is 132 Å². The summed E-state index contributed by atoms with van der Waals surface area (Å²) in [5, 5.41) is 0. The topological polar surface area (TPSA) is 92.3 Å². The van der Waals surface area contributed by atoms with E-state index in [9.17, 15) is 17.6 Å². The standard InChI is InChI=1S/C14H13FN4O3S/c15-11-3-1-2-4-13(11)23(21,22)18-6-14(20)19-7-10-5-16-9-17-12(10)8-19/h1-5,9,18H,6-8H2. The first-order valence-electron chi connectivity index (χ1n) is 6.77. The van der Waals surface area contributed by atoms with Crippen LogP contribution >= 0.6 is 0 Å². The Kier molecular flexibility index (Phi) is 4.05. The van der Waals surface area contributed by atoms with Crippen molar-refractivity contribution in [2.45, 2.75) is 18.0 Å². The van der Waals surface area contributed by atoms with Gasteiger partial charge >= 0.3 is 0 Å². The number of nitrogens with zero attached hydrogens (tertiary/aromatic N) is 3. The molecule has 0 atom stereocenters. The first-order valence-corrected chi connectivity index (χ1v) is 8.25. The number of sulfonamides is 1. The molecule has 23 heavy (non-hydrogen) atoms. The Hall–Kier alpha value is -2.39. The van der Waals surface area contributed by atoms with Gasteiger partial charge in [-0.25, -0.2) is 27.5 Å². The third-order valence-corrected chi connectivity index (χ3v) is 4.91. The minimum Gasteiger partial charge on any atom is -0.331 e. The molecule has 9 heteroatoms. The molecule has 0 unspecified atom stereocenters. The molecule has 0 aliphatic carbocycles. The van der Waals surface area contributed by atoms with Gasteiger partial charge in [0.1, 0.15) is 17.0 Å². The fourth-order valence-corrected chi connectivity index (χ4v) is 3.34. The van der Waals surface area contributed by atoms with E-state index in [1.54, 1.807) is 6.20 Å². The first-order chi connectivity index (χ1) is 11.0. The number of hydrogen-bond donors (Lipinski definition) is 1. The van der Waals surface area contributed by atoms with E-state index in [4.69, 9.17) is 0 Å². The van der Waals surface area contributed by atoms with Gasteiger partial charge in [-0.05, 0) is 12.1 Å². The normalized spacial score (nSPS) is 13.9. The van der Waals surface area contributed by atoms with E-state index in [1.807, 2.05) is 0 Å². The number of hydrogen-bond acceptors (Lipinski definition) is 5. The zero-order valence-corrected chi connectivity index (χ0v) is 12.8. The summed E-state index contributed by atoms with van der Waals surface area (Å²) in [6, 6.07) is 4.99. The molecule has 1 amide bonds. The van der Waals surface area contributed by atoms with Crippen LogP contribution in [0.15, 0.2) is 41.7 Å². The lowest BCUT2D eigenvalue weighted by atomic mass is 10.3. The smallest absolute Gasteiger partial charge is 0.243 e. The number of rotatable bonds is 4. The summed E-state index contributed by atoms with van der Waals surface area (Å²) in [7, 11) is -4.08. The molecule has 1 aliphatic heterocycles. The van der Waals surface area contributed by atoms with Crippen molar-refractivity contribution in [1.29, 1.82) is 0 Å². The second kappa shape index (κ2) is 6.01. The van der Waals surface area contributed by atoms with Gasteiger partial charge in [0.05, 0.1) is 18.8 Å². The minimum absolute atomic E-state index is 0.304. The number of halogens is 1. The third kappa shape index (κ3) is 3.20. The van der Waals surface area contributed by atoms with Crippen molar-refractivity contribution in [2.75, 3.05) is 6.54 Å². The fourth-order valence-electron chi connectivity index (χ4n) is 2.29. The van der Waals surface area contributed by atoms with Gasteiger partial charge in [-0.15, -0.1) is 0 Å². The van der Waals surface area contributed by atoms with Crippen LogP contribution < -0.4 is 4.72 Å². The van der Waals surface area contributed by atoms with E-state index in [0.717, 1.165) is 23.4 Å². The van der Waals surface area contributed by atoms with Gasteiger partial charge in [-0.2, -0.15) is 0 Å². The zero-order valence-electron chi connectivity index (χ0n) is 11.9. The molecule has 1 aliphatic rings. The van der Waals surface area contributed by atoms with Crippen LogP contribution in [0.1, 0.15) is 11.3 Å². The summed E-state index contributed by atoms with van der Waals surface area (Å²) in [4.78, 5) is 21.1. The Morgan fingerprint density at radius 2 is 2.09 bits per heavy atom. The summed E-state index contributed by atoms with van der Waals surface area (Å²) in [5.41, 5.74) is 1.57. The first kappa shape index (κ1) is 15.5. The lowest BCUT2D eigenvalue weighted by molar-refractivity contribution is -0.130. The third-order valence-electron chi connectivity index (χ3n) is 3.48. The van der Waals surface area contributed by atoms with Crippen molar-refractivity contribution in [1.82, 2.24) is 19.6 Å². The number of amides is 1. The molecule has 0 spiro atoms. The van der Waals surface area contributed by atoms with Crippen molar-refractivity contribution >= 4 is 15.9 Å². The number of nitrogens with one attached hydrogen (secondary N) is 1. The number of aromatic nitrogens is 2. The van der Waals surface area contributed by atoms with Crippen LogP contribution in [0.2, 0.25) is 0 Å². The van der Waals surface area contributed by atoms with Gasteiger partial charge in [0.15, 0.2) is 0 Å². The van der Waals surface area contributed by atoms with Crippen molar-refractivity contribution in [3.8, 4) is 0 Å². The molecule has 0 fully saturated rings. The molecule has 3 rings (SSSR count). The van der Waals surface area contributed by atoms with Crippen molar-refractivity contribution in [3.05, 3.63) is 53.9 Å². The van der Waals surface area contributed by atoms with Crippen LogP contribution in [0.4, 0.5) is 4.39 Å². The Bertz CT molecular complexity index is 832. The molecule has 0 bridgehead atoms. The van der Waals surface area contributed by atoms with E-state index < -0.39 is 33.2 Å². The average molecular weight is 336 g/mol. The van der Waals surface area contributed by atoms with Crippen LogP contribution in [-0.2, 0) is 27.9 Å². The van der Waals surface area contributed by atoms with Crippen molar-refractivity contribution in [3.63, 3.8) is 0 Å². The maximum absolute atomic E-state index is 13.6. The largest absolute Gasteiger partial charge is 0.331 e. The molecule has 0 radical (unpaired) electrons. The molecule has 1 N–H and O–H groups in total. The van der Waals surface area contributed by atoms with Gasteiger partial charge in [0.25, 0.3) is 0 Å². The summed E-state index contributed by atoms with van der Waals surface area (Å²) < 4.78 is 39.8. The maximum atomic E-state index is 13.6. The number of fused-ring (bicyclic) bond motifs is 1. The van der Waals surface area contributed by atoms with Crippen molar-refractivity contribution in [2.24, 2.45) is 0 Å². The van der Waals surface area contributed by atoms with Gasteiger partial charge in [-0.3, -0.25) is 4.79 Å². The van der Waals surface area contributed by atoms with E-state index in [-0.39, 0.29) is 0 Å². The summed E-state index contributed by atoms with van der Waals surface area (Å²) >= 11 is 0. The SMILES string of the molecule is O=C(CNS(=O)(=O)c1ccccc1F)N1Cc2cncnc2C1. The average Bonchev–Trinajstić information content (AvgIpc) is 2.97. The quantitative estimate of drug-likeness (QED) is 0.874. The highest BCUT2D eigenvalue weighted by Crippen LogP contribution is 2.19. The second-order valence-electron chi connectivity index (χ2n) is 5.00. The molecule has 0 saturated carbocycles. The fraction of sp³-hybridized carbons (Fsp3) is 0.214. The number of benzene rings is 1. The highest BCUT2D eigenvalue weighted by Gasteiger charge is 2.26. The lowest BCUT2D eigenvalue weighted by Gasteiger charge is -2.15. The molecule has 0 saturated heterocycles. The Morgan fingerprint density at radius 3 is 2.83 bits per heavy atom. The van der Waals surface area contributed by atoms with Gasteiger partial charge in [0.2, 0.25) is 15.9 Å². The van der Waals surface area contributed by atoms with Crippen molar-refractivity contribution < 1.29 is 17.6 Å². The predicted molar refractivity (Wildman–Crippen MR) is 77.9 cm³/mol. The molecular formula is C14H13FN4O3S. The second-order valence-corrected chi connectivity index (χ2v) is 6.73. The molecule has 7 nitrogen and oxygen atoms in total. The van der Waals surface area contributed by atoms with E-state index in [0.29, 0.717) is 13.1 Å². The molecule has 1 aromatic carbocycles. The zero-order chi connectivity index (χ0) is 16.4. The molecule has 120 valence electrons. The van der Waals surface area contributed by atoms with Crippen LogP contribution in [0.25, 0.3) is 0 Å². The van der Waals surface area contributed by atoms with Crippen LogP contribution in [0, 0.1) is 5.82 Å². The highest BCUT2D eigenvalue weighted by atomic mass is 32.2. The summed E-state index contributed by atoms with van der Waals surface area (Å²) in [5.74, 6) is -1.28. The van der Waals surface area contributed by atoms with E-state index >= 15 is 0 Å². The minimum atomic E-state index is -4.08. The van der Waals surface area contributed by atoms with Gasteiger partial charge in [0, 0.05) is 18.3 Å². The highest BCUT2D eigenvalue weighted by molar-refractivity contribution is 7.89.